The highest BCUT2D eigenvalue weighted by Gasteiger charge is 2.28. The van der Waals surface area contributed by atoms with E-state index in [-0.39, 0.29) is 48.1 Å². The number of sulfonamides is 2. The van der Waals surface area contributed by atoms with Gasteiger partial charge in [0.05, 0.1) is 22.8 Å². The average molecular weight is 684 g/mol. The van der Waals surface area contributed by atoms with Crippen LogP contribution in [0.5, 0.6) is 5.75 Å². The molecule has 0 aromatic heterocycles. The van der Waals surface area contributed by atoms with Crippen LogP contribution in [-0.4, -0.2) is 92.8 Å². The lowest BCUT2D eigenvalue weighted by molar-refractivity contribution is 0.0618. The summed E-state index contributed by atoms with van der Waals surface area (Å²) < 4.78 is 50.1. The minimum Gasteiger partial charge on any atom is -0.508 e. The number of phenolic OH excluding ortho intramolecular Hbond substituents is 1. The Morgan fingerprint density at radius 1 is 0.891 bits per heavy atom. The summed E-state index contributed by atoms with van der Waals surface area (Å²) >= 11 is 0. The summed E-state index contributed by atoms with van der Waals surface area (Å²) in [5.41, 5.74) is 0.463. The zero-order valence-corrected chi connectivity index (χ0v) is 28.9. The van der Waals surface area contributed by atoms with Gasteiger partial charge in [-0.3, -0.25) is 9.59 Å². The van der Waals surface area contributed by atoms with Gasteiger partial charge in [-0.25, -0.2) is 27.0 Å². The lowest BCUT2D eigenvalue weighted by Gasteiger charge is -2.30. The maximum absolute atomic E-state index is 13.7. The lowest BCUT2D eigenvalue weighted by Crippen LogP contribution is -2.53. The summed E-state index contributed by atoms with van der Waals surface area (Å²) in [4.78, 5) is 30.7. The number of aliphatic hydroxyl groups excluding tert-OH is 1. The van der Waals surface area contributed by atoms with Crippen LogP contribution in [0.2, 0.25) is 0 Å². The van der Waals surface area contributed by atoms with Crippen LogP contribution in [0.4, 0.5) is 0 Å². The maximum atomic E-state index is 13.7. The van der Waals surface area contributed by atoms with Gasteiger partial charge in [-0.2, -0.15) is 0 Å². The van der Waals surface area contributed by atoms with Gasteiger partial charge < -0.3 is 20.4 Å². The molecule has 0 aliphatic rings. The van der Waals surface area contributed by atoms with Crippen molar-refractivity contribution in [2.24, 2.45) is 11.1 Å². The summed E-state index contributed by atoms with van der Waals surface area (Å²) in [6.45, 7) is 10.2. The fourth-order valence-electron chi connectivity index (χ4n) is 4.95. The normalized spacial score (nSPS) is 13.5. The van der Waals surface area contributed by atoms with Crippen LogP contribution in [0.3, 0.4) is 0 Å². The quantitative estimate of drug-likeness (QED) is 0.138. The van der Waals surface area contributed by atoms with Crippen LogP contribution < -0.4 is 15.3 Å². The highest BCUT2D eigenvalue weighted by Crippen LogP contribution is 2.19. The molecule has 0 spiro atoms. The van der Waals surface area contributed by atoms with Gasteiger partial charge in [-0.1, -0.05) is 46.8 Å². The minimum atomic E-state index is -4.31. The Morgan fingerprint density at radius 2 is 1.46 bits per heavy atom. The topological polar surface area (TPSA) is 199 Å². The van der Waals surface area contributed by atoms with Gasteiger partial charge in [0.2, 0.25) is 20.0 Å². The molecule has 0 aliphatic heterocycles. The SMILES string of the molecule is CCCN(CC(O)C(Cc1ccc(O)cc1)NC(=O)c1cc(C(=O)N(CCC)CCC)cc(S(N)(=O)=O)c1)NS(=O)(=O)CC(C)C. The highest BCUT2D eigenvalue weighted by molar-refractivity contribution is 7.89. The number of nitrogens with zero attached hydrogens (tertiary/aromatic N) is 2. The Morgan fingerprint density at radius 3 is 1.98 bits per heavy atom. The Kier molecular flexibility index (Phi) is 15.1. The number of nitrogens with one attached hydrogen (secondary N) is 2. The van der Waals surface area contributed by atoms with E-state index in [2.05, 4.69) is 10.1 Å². The zero-order valence-electron chi connectivity index (χ0n) is 27.3. The van der Waals surface area contributed by atoms with Crippen molar-refractivity contribution in [3.05, 3.63) is 59.2 Å². The number of amides is 2. The second-order valence-electron chi connectivity index (χ2n) is 11.8. The molecule has 0 saturated carbocycles. The largest absolute Gasteiger partial charge is 0.508 e. The van der Waals surface area contributed by atoms with Gasteiger partial charge in [-0.15, -0.1) is 4.83 Å². The van der Waals surface area contributed by atoms with E-state index in [1.807, 2.05) is 20.8 Å². The Hall–Kier alpha value is -3.08. The number of hydrazine groups is 1. The van der Waals surface area contributed by atoms with E-state index in [1.165, 1.54) is 23.2 Å². The number of aliphatic hydroxyl groups is 1. The van der Waals surface area contributed by atoms with Gasteiger partial charge in [0, 0.05) is 37.3 Å². The van der Waals surface area contributed by atoms with E-state index in [0.717, 1.165) is 12.1 Å². The standard InChI is InChI=1S/C31H49N5O8S2/c1-6-13-35(14-7-2)31(40)25-17-24(18-27(19-25)46(32,43)44)30(39)33-28(16-23-9-11-26(37)12-10-23)29(38)20-36(15-8-3)34-45(41,42)21-22(4)5/h9-12,17-19,22,28-29,34,37-38H,6-8,13-16,20-21H2,1-5H3,(H,33,39)(H2,32,43,44). The van der Waals surface area contributed by atoms with Crippen molar-refractivity contribution in [2.75, 3.05) is 31.9 Å². The molecule has 0 aliphatic carbocycles. The number of rotatable bonds is 19. The molecule has 2 aromatic rings. The molecule has 0 saturated heterocycles. The van der Waals surface area contributed by atoms with E-state index in [1.54, 1.807) is 30.9 Å². The van der Waals surface area contributed by atoms with Gasteiger partial charge in [-0.05, 0) is 67.5 Å². The van der Waals surface area contributed by atoms with Gasteiger partial charge in [0.1, 0.15) is 5.75 Å². The molecule has 46 heavy (non-hydrogen) atoms. The third-order valence-electron chi connectivity index (χ3n) is 6.91. The molecule has 2 atom stereocenters. The summed E-state index contributed by atoms with van der Waals surface area (Å²) in [6, 6.07) is 8.64. The number of carbonyl (C=O) groups is 2. The number of aromatic hydroxyl groups is 1. The van der Waals surface area contributed by atoms with Crippen LogP contribution in [0, 0.1) is 5.92 Å². The second kappa shape index (κ2) is 17.7. The fourth-order valence-corrected chi connectivity index (χ4v) is 7.04. The molecular formula is C31H49N5O8S2. The first-order chi connectivity index (χ1) is 21.5. The number of phenols is 1. The molecular weight excluding hydrogens is 635 g/mol. The predicted molar refractivity (Wildman–Crippen MR) is 177 cm³/mol. The van der Waals surface area contributed by atoms with E-state index in [0.29, 0.717) is 37.9 Å². The smallest absolute Gasteiger partial charge is 0.253 e. The fraction of sp³-hybridized carbons (Fsp3) is 0.548. The second-order valence-corrected chi connectivity index (χ2v) is 15.1. The first-order valence-electron chi connectivity index (χ1n) is 15.5. The molecule has 2 unspecified atom stereocenters. The van der Waals surface area contributed by atoms with E-state index in [9.17, 15) is 36.6 Å². The number of primary sulfonamides is 1. The number of hydrogen-bond donors (Lipinski definition) is 5. The van der Waals surface area contributed by atoms with Crippen LogP contribution in [-0.2, 0) is 26.5 Å². The molecule has 0 bridgehead atoms. The van der Waals surface area contributed by atoms with Gasteiger partial charge >= 0.3 is 0 Å². The predicted octanol–water partition coefficient (Wildman–Crippen LogP) is 2.21. The third kappa shape index (κ3) is 12.6. The van der Waals surface area contributed by atoms with Crippen LogP contribution in [0.15, 0.2) is 47.4 Å². The molecule has 0 fully saturated rings. The van der Waals surface area contributed by atoms with E-state index in [4.69, 9.17) is 5.14 Å². The molecule has 2 rings (SSSR count). The summed E-state index contributed by atoms with van der Waals surface area (Å²) in [7, 11) is -8.01. The van der Waals surface area contributed by atoms with Crippen LogP contribution in [0.25, 0.3) is 0 Å². The molecule has 0 heterocycles. The Bertz CT molecular complexity index is 1510. The van der Waals surface area contributed by atoms with Crippen molar-refractivity contribution < 1.29 is 36.6 Å². The van der Waals surface area contributed by atoms with Gasteiger partial charge in [0.15, 0.2) is 0 Å². The average Bonchev–Trinajstić information content (AvgIpc) is 2.95. The molecule has 2 amide bonds. The molecule has 13 nitrogen and oxygen atoms in total. The number of nitrogens with two attached hydrogens (primary N) is 1. The van der Waals surface area contributed by atoms with Crippen molar-refractivity contribution >= 4 is 31.9 Å². The van der Waals surface area contributed by atoms with Gasteiger partial charge in [0.25, 0.3) is 11.8 Å². The summed E-state index contributed by atoms with van der Waals surface area (Å²) in [6.07, 6.45) is 0.683. The molecule has 258 valence electrons. The number of benzene rings is 2. The summed E-state index contributed by atoms with van der Waals surface area (Å²) in [5.74, 6) is -1.45. The minimum absolute atomic E-state index is 0.0239. The maximum Gasteiger partial charge on any atom is 0.253 e. The molecule has 0 radical (unpaired) electrons. The van der Waals surface area contributed by atoms with Crippen molar-refractivity contribution in [3.63, 3.8) is 0 Å². The summed E-state index contributed by atoms with van der Waals surface area (Å²) in [5, 5.41) is 30.7. The van der Waals surface area contributed by atoms with E-state index < -0.39 is 48.9 Å². The van der Waals surface area contributed by atoms with Crippen LogP contribution >= 0.6 is 0 Å². The zero-order chi connectivity index (χ0) is 34.7. The molecule has 2 aromatic carbocycles. The van der Waals surface area contributed by atoms with Crippen molar-refractivity contribution in [2.45, 2.75) is 77.3 Å². The van der Waals surface area contributed by atoms with Crippen LogP contribution in [0.1, 0.15) is 80.2 Å². The highest BCUT2D eigenvalue weighted by atomic mass is 32.2. The Balaban J connectivity index is 2.49. The number of hydrogen-bond acceptors (Lipinski definition) is 9. The lowest BCUT2D eigenvalue weighted by atomic mass is 9.99. The first-order valence-corrected chi connectivity index (χ1v) is 18.7. The molecule has 6 N–H and O–H groups in total. The van der Waals surface area contributed by atoms with Crippen molar-refractivity contribution in [3.8, 4) is 5.75 Å². The first kappa shape index (κ1) is 39.1. The van der Waals surface area contributed by atoms with E-state index >= 15 is 0 Å². The monoisotopic (exact) mass is 683 g/mol. The van der Waals surface area contributed by atoms with Crippen molar-refractivity contribution in [1.29, 1.82) is 0 Å². The van der Waals surface area contributed by atoms with Crippen molar-refractivity contribution in [1.82, 2.24) is 20.1 Å². The third-order valence-corrected chi connectivity index (χ3v) is 9.45. The number of carbonyl (C=O) groups excluding carboxylic acids is 2. The molecule has 15 heteroatoms. The Labute approximate surface area is 273 Å².